The third kappa shape index (κ3) is 5.04. The highest BCUT2D eigenvalue weighted by atomic mass is 14.3. The topological polar surface area (TPSA) is 0 Å². The first-order valence-corrected chi connectivity index (χ1v) is 7.09. The molecule has 1 atom stereocenters. The first-order valence-electron chi connectivity index (χ1n) is 7.09. The van der Waals surface area contributed by atoms with Crippen LogP contribution in [-0.4, -0.2) is 0 Å². The molecule has 0 saturated heterocycles. The van der Waals surface area contributed by atoms with Crippen molar-refractivity contribution in [2.45, 2.75) is 72.6 Å². The summed E-state index contributed by atoms with van der Waals surface area (Å²) in [6, 6.07) is 0. The van der Waals surface area contributed by atoms with Crippen LogP contribution in [0, 0.1) is 23.7 Å². The van der Waals surface area contributed by atoms with Crippen LogP contribution in [0.25, 0.3) is 0 Å². The normalized spacial score (nSPS) is 29.4. The summed E-state index contributed by atoms with van der Waals surface area (Å²) >= 11 is 0. The zero-order valence-corrected chi connectivity index (χ0v) is 11.3. The Bertz CT molecular complexity index is 151. The van der Waals surface area contributed by atoms with Crippen molar-refractivity contribution in [3.05, 3.63) is 0 Å². The third-order valence-electron chi connectivity index (χ3n) is 4.31. The highest BCUT2D eigenvalue weighted by Crippen LogP contribution is 2.35. The quantitative estimate of drug-likeness (QED) is 0.579. The molecule has 0 N–H and O–H groups in total. The zero-order chi connectivity index (χ0) is 11.3. The van der Waals surface area contributed by atoms with Gasteiger partial charge in [0.25, 0.3) is 0 Å². The van der Waals surface area contributed by atoms with Crippen LogP contribution < -0.4 is 0 Å². The monoisotopic (exact) mass is 210 g/mol. The maximum Gasteiger partial charge on any atom is -0.0388 e. The lowest BCUT2D eigenvalue weighted by atomic mass is 9.75. The van der Waals surface area contributed by atoms with Crippen LogP contribution in [0.15, 0.2) is 0 Å². The van der Waals surface area contributed by atoms with Crippen LogP contribution >= 0.6 is 0 Å². The summed E-state index contributed by atoms with van der Waals surface area (Å²) in [6.07, 6.45) is 10.3. The van der Waals surface area contributed by atoms with Crippen molar-refractivity contribution in [1.29, 1.82) is 0 Å². The number of hydrogen-bond donors (Lipinski definition) is 0. The van der Waals surface area contributed by atoms with Crippen LogP contribution in [0.4, 0.5) is 0 Å². The van der Waals surface area contributed by atoms with E-state index in [2.05, 4.69) is 27.7 Å². The number of rotatable bonds is 5. The van der Waals surface area contributed by atoms with Crippen LogP contribution in [-0.2, 0) is 0 Å². The van der Waals surface area contributed by atoms with Gasteiger partial charge >= 0.3 is 0 Å². The van der Waals surface area contributed by atoms with E-state index in [1.165, 1.54) is 44.9 Å². The van der Waals surface area contributed by atoms with Gasteiger partial charge in [0.1, 0.15) is 0 Å². The molecule has 0 aliphatic heterocycles. The molecular formula is C15H30. The molecule has 15 heavy (non-hydrogen) atoms. The second kappa shape index (κ2) is 6.55. The fourth-order valence-electron chi connectivity index (χ4n) is 2.94. The molecule has 1 aliphatic carbocycles. The van der Waals surface area contributed by atoms with Crippen molar-refractivity contribution in [2.75, 3.05) is 0 Å². The van der Waals surface area contributed by atoms with Gasteiger partial charge in [-0.05, 0) is 36.5 Å². The zero-order valence-electron chi connectivity index (χ0n) is 11.3. The summed E-state index contributed by atoms with van der Waals surface area (Å²) in [6.45, 7) is 9.58. The molecule has 0 amide bonds. The predicted octanol–water partition coefficient (Wildman–Crippen LogP) is 5.28. The van der Waals surface area contributed by atoms with Gasteiger partial charge in [-0.25, -0.2) is 0 Å². The molecule has 1 rings (SSSR count). The molecule has 1 saturated carbocycles. The van der Waals surface area contributed by atoms with Crippen molar-refractivity contribution >= 4 is 0 Å². The molecule has 1 unspecified atom stereocenters. The van der Waals surface area contributed by atoms with Crippen LogP contribution in [0.5, 0.6) is 0 Å². The Morgan fingerprint density at radius 1 is 0.933 bits per heavy atom. The highest BCUT2D eigenvalue weighted by molar-refractivity contribution is 4.74. The summed E-state index contributed by atoms with van der Waals surface area (Å²) in [4.78, 5) is 0. The van der Waals surface area contributed by atoms with Crippen LogP contribution in [0.2, 0.25) is 0 Å². The molecule has 0 heterocycles. The first-order chi connectivity index (χ1) is 7.09. The van der Waals surface area contributed by atoms with Gasteiger partial charge in [0.2, 0.25) is 0 Å². The van der Waals surface area contributed by atoms with Crippen LogP contribution in [0.1, 0.15) is 72.6 Å². The Morgan fingerprint density at radius 3 is 2.07 bits per heavy atom. The van der Waals surface area contributed by atoms with E-state index in [9.17, 15) is 0 Å². The maximum absolute atomic E-state index is 2.49. The minimum atomic E-state index is 0.892. The molecule has 0 aromatic heterocycles. The second-order valence-corrected chi connectivity index (χ2v) is 6.32. The molecule has 0 aromatic rings. The van der Waals surface area contributed by atoms with Gasteiger partial charge < -0.3 is 0 Å². The van der Waals surface area contributed by atoms with E-state index >= 15 is 0 Å². The molecule has 0 nitrogen and oxygen atoms in total. The fraction of sp³-hybridized carbons (Fsp3) is 1.00. The van der Waals surface area contributed by atoms with E-state index in [1.807, 2.05) is 0 Å². The standard InChI is InChI=1S/C15H30/c1-12(2)6-5-7-14(4)15-10-8-13(3)9-11-15/h12-15H,5-11H2,1-4H3. The lowest BCUT2D eigenvalue weighted by molar-refractivity contribution is 0.211. The SMILES string of the molecule is CC(C)CCCC(C)C1CCC(C)CC1. The molecule has 0 aromatic carbocycles. The number of hydrogen-bond acceptors (Lipinski definition) is 0. The average Bonchev–Trinajstić information content (AvgIpc) is 2.18. The average molecular weight is 210 g/mol. The van der Waals surface area contributed by atoms with Gasteiger partial charge in [0.15, 0.2) is 0 Å². The maximum atomic E-state index is 2.49. The van der Waals surface area contributed by atoms with Crippen molar-refractivity contribution in [3.8, 4) is 0 Å². The Labute approximate surface area is 96.8 Å². The summed E-state index contributed by atoms with van der Waals surface area (Å²) in [5.41, 5.74) is 0. The van der Waals surface area contributed by atoms with Crippen LogP contribution in [0.3, 0.4) is 0 Å². The molecule has 0 heteroatoms. The molecule has 1 fully saturated rings. The van der Waals surface area contributed by atoms with Crippen molar-refractivity contribution in [1.82, 2.24) is 0 Å². The molecule has 1 aliphatic rings. The molecule has 0 bridgehead atoms. The first kappa shape index (κ1) is 13.1. The lowest BCUT2D eigenvalue weighted by Gasteiger charge is -2.31. The highest BCUT2D eigenvalue weighted by Gasteiger charge is 2.22. The largest absolute Gasteiger partial charge is 0.0628 e. The Kier molecular flexibility index (Phi) is 5.71. The summed E-state index contributed by atoms with van der Waals surface area (Å²) < 4.78 is 0. The van der Waals surface area contributed by atoms with Gasteiger partial charge in [0, 0.05) is 0 Å². The summed E-state index contributed by atoms with van der Waals surface area (Å²) in [5.74, 6) is 3.93. The van der Waals surface area contributed by atoms with E-state index in [0.29, 0.717) is 0 Å². The third-order valence-corrected chi connectivity index (χ3v) is 4.31. The van der Waals surface area contributed by atoms with E-state index in [4.69, 9.17) is 0 Å². The molecular weight excluding hydrogens is 180 g/mol. The smallest absolute Gasteiger partial charge is 0.0388 e. The minimum Gasteiger partial charge on any atom is -0.0628 e. The fourth-order valence-corrected chi connectivity index (χ4v) is 2.94. The van der Waals surface area contributed by atoms with E-state index < -0.39 is 0 Å². The van der Waals surface area contributed by atoms with Crippen molar-refractivity contribution < 1.29 is 0 Å². The second-order valence-electron chi connectivity index (χ2n) is 6.32. The minimum absolute atomic E-state index is 0.892. The van der Waals surface area contributed by atoms with Crippen molar-refractivity contribution in [3.63, 3.8) is 0 Å². The van der Waals surface area contributed by atoms with Gasteiger partial charge in [-0.2, -0.15) is 0 Å². The van der Waals surface area contributed by atoms with Gasteiger partial charge in [-0.15, -0.1) is 0 Å². The summed E-state index contributed by atoms with van der Waals surface area (Å²) in [7, 11) is 0. The molecule has 90 valence electrons. The Balaban J connectivity index is 2.13. The summed E-state index contributed by atoms with van der Waals surface area (Å²) in [5, 5.41) is 0. The molecule has 0 spiro atoms. The Hall–Kier alpha value is 0. The van der Waals surface area contributed by atoms with Gasteiger partial charge in [-0.3, -0.25) is 0 Å². The molecule has 0 radical (unpaired) electrons. The van der Waals surface area contributed by atoms with Gasteiger partial charge in [0.05, 0.1) is 0 Å². The lowest BCUT2D eigenvalue weighted by Crippen LogP contribution is -2.19. The predicted molar refractivity (Wildman–Crippen MR) is 69.0 cm³/mol. The Morgan fingerprint density at radius 2 is 1.53 bits per heavy atom. The van der Waals surface area contributed by atoms with E-state index in [1.54, 1.807) is 0 Å². The van der Waals surface area contributed by atoms with Crippen molar-refractivity contribution in [2.24, 2.45) is 23.7 Å². The van der Waals surface area contributed by atoms with E-state index in [0.717, 1.165) is 23.7 Å². The van der Waals surface area contributed by atoms with E-state index in [-0.39, 0.29) is 0 Å². The van der Waals surface area contributed by atoms with Gasteiger partial charge in [-0.1, -0.05) is 59.8 Å².